The lowest BCUT2D eigenvalue weighted by Gasteiger charge is -2.12. The first-order chi connectivity index (χ1) is 13.4. The van der Waals surface area contributed by atoms with E-state index in [0.29, 0.717) is 35.0 Å². The molecule has 0 atom stereocenters. The molecule has 0 spiro atoms. The van der Waals surface area contributed by atoms with E-state index in [-0.39, 0.29) is 23.0 Å². The number of benzene rings is 1. The predicted molar refractivity (Wildman–Crippen MR) is 105 cm³/mol. The molecule has 0 bridgehead atoms. The fourth-order valence-corrected chi connectivity index (χ4v) is 3.33. The summed E-state index contributed by atoms with van der Waals surface area (Å²) in [7, 11) is 0. The molecule has 0 aliphatic heterocycles. The average Bonchev–Trinajstić information content (AvgIpc) is 3.00. The Labute approximate surface area is 161 Å². The number of nitro benzene ring substituents is 1. The van der Waals surface area contributed by atoms with Crippen molar-refractivity contribution < 1.29 is 9.66 Å². The summed E-state index contributed by atoms with van der Waals surface area (Å²) in [4.78, 5) is 30.8. The van der Waals surface area contributed by atoms with Crippen LogP contribution in [0.5, 0.6) is 5.75 Å². The van der Waals surface area contributed by atoms with Crippen molar-refractivity contribution in [3.05, 3.63) is 50.2 Å². The highest BCUT2D eigenvalue weighted by molar-refractivity contribution is 5.68. The molecule has 1 aromatic carbocycles. The molecule has 3 rings (SSSR count). The number of hydrogen-bond acceptors (Lipinski definition) is 6. The molecule has 0 amide bonds. The second-order valence-electron chi connectivity index (χ2n) is 6.50. The molecule has 2 heterocycles. The first-order valence-electron chi connectivity index (χ1n) is 9.32. The van der Waals surface area contributed by atoms with Crippen LogP contribution in [0.1, 0.15) is 51.0 Å². The smallest absolute Gasteiger partial charge is 0.277 e. The van der Waals surface area contributed by atoms with Crippen LogP contribution in [0, 0.1) is 17.0 Å². The highest BCUT2D eigenvalue weighted by Crippen LogP contribution is 2.32. The van der Waals surface area contributed by atoms with E-state index in [1.165, 1.54) is 18.2 Å². The molecule has 0 fully saturated rings. The van der Waals surface area contributed by atoms with E-state index < -0.39 is 4.92 Å². The van der Waals surface area contributed by atoms with Gasteiger partial charge in [-0.1, -0.05) is 13.8 Å². The zero-order valence-electron chi connectivity index (χ0n) is 16.4. The normalized spacial score (nSPS) is 11.3. The minimum absolute atomic E-state index is 0.108. The van der Waals surface area contributed by atoms with Crippen molar-refractivity contribution in [1.29, 1.82) is 0 Å². The summed E-state index contributed by atoms with van der Waals surface area (Å²) >= 11 is 0. The third kappa shape index (κ3) is 3.35. The summed E-state index contributed by atoms with van der Waals surface area (Å²) in [5, 5.41) is 15.8. The zero-order valence-corrected chi connectivity index (χ0v) is 16.4. The topological polar surface area (TPSA) is 115 Å². The second-order valence-corrected chi connectivity index (χ2v) is 6.50. The molecule has 28 heavy (non-hydrogen) atoms. The van der Waals surface area contributed by atoms with Gasteiger partial charge in [-0.3, -0.25) is 14.9 Å². The van der Waals surface area contributed by atoms with Crippen LogP contribution in [0.3, 0.4) is 0 Å². The summed E-state index contributed by atoms with van der Waals surface area (Å²) < 4.78 is 7.16. The maximum absolute atomic E-state index is 12.8. The summed E-state index contributed by atoms with van der Waals surface area (Å²) in [6.07, 6.45) is 1.72. The molecule has 0 unspecified atom stereocenters. The van der Waals surface area contributed by atoms with Crippen LogP contribution in [-0.4, -0.2) is 31.1 Å². The van der Waals surface area contributed by atoms with E-state index in [4.69, 9.17) is 4.74 Å². The fourth-order valence-electron chi connectivity index (χ4n) is 3.33. The average molecular weight is 385 g/mol. The van der Waals surface area contributed by atoms with Crippen molar-refractivity contribution in [2.45, 2.75) is 46.5 Å². The zero-order chi connectivity index (χ0) is 20.4. The maximum atomic E-state index is 12.8. The largest absolute Gasteiger partial charge is 0.493 e. The van der Waals surface area contributed by atoms with Crippen LogP contribution in [0.15, 0.2) is 23.0 Å². The molecular formula is C19H23N5O4. The van der Waals surface area contributed by atoms with Gasteiger partial charge < -0.3 is 9.72 Å². The Morgan fingerprint density at radius 2 is 2.00 bits per heavy atom. The number of non-ortho nitro benzene ring substituents is 1. The lowest BCUT2D eigenvalue weighted by atomic mass is 10.0. The fraction of sp³-hybridized carbons (Fsp3) is 0.421. The minimum Gasteiger partial charge on any atom is -0.493 e. The van der Waals surface area contributed by atoms with E-state index in [9.17, 15) is 14.9 Å². The van der Waals surface area contributed by atoms with Crippen molar-refractivity contribution in [2.75, 3.05) is 6.61 Å². The van der Waals surface area contributed by atoms with Gasteiger partial charge in [0.2, 0.25) is 0 Å². The highest BCUT2D eigenvalue weighted by atomic mass is 16.6. The third-order valence-corrected chi connectivity index (χ3v) is 4.78. The maximum Gasteiger partial charge on any atom is 0.277 e. The molecule has 0 aliphatic rings. The monoisotopic (exact) mass is 385 g/mol. The van der Waals surface area contributed by atoms with Gasteiger partial charge in [0.25, 0.3) is 11.2 Å². The number of imidazole rings is 1. The van der Waals surface area contributed by atoms with E-state index in [1.54, 1.807) is 11.4 Å². The first kappa shape index (κ1) is 19.5. The summed E-state index contributed by atoms with van der Waals surface area (Å²) in [5.74, 6) is 1.49. The molecule has 0 saturated carbocycles. The van der Waals surface area contributed by atoms with Gasteiger partial charge in [0, 0.05) is 18.1 Å². The lowest BCUT2D eigenvalue weighted by molar-refractivity contribution is -0.384. The number of nitro groups is 1. The van der Waals surface area contributed by atoms with Crippen molar-refractivity contribution in [2.24, 2.45) is 0 Å². The molecule has 0 radical (unpaired) electrons. The Morgan fingerprint density at radius 3 is 2.61 bits per heavy atom. The number of nitrogens with one attached hydrogen (secondary N) is 1. The Morgan fingerprint density at radius 1 is 1.29 bits per heavy atom. The molecule has 9 heteroatoms. The van der Waals surface area contributed by atoms with E-state index in [0.717, 1.165) is 12.8 Å². The molecule has 3 aromatic rings. The van der Waals surface area contributed by atoms with Crippen LogP contribution in [0.25, 0.3) is 16.9 Å². The van der Waals surface area contributed by atoms with Crippen LogP contribution in [-0.2, 0) is 0 Å². The Bertz CT molecular complexity index is 1080. The van der Waals surface area contributed by atoms with Gasteiger partial charge in [0.15, 0.2) is 11.3 Å². The van der Waals surface area contributed by atoms with Crippen molar-refractivity contribution >= 4 is 11.2 Å². The van der Waals surface area contributed by atoms with Crippen molar-refractivity contribution in [1.82, 2.24) is 19.6 Å². The second kappa shape index (κ2) is 7.79. The first-order valence-corrected chi connectivity index (χ1v) is 9.32. The quantitative estimate of drug-likeness (QED) is 0.491. The SMILES string of the molecule is CCOc1ccc([N+](=O)[O-])cc1-c1nn2c(C(CC)CC)nc(C)c2c(=O)[nH]1. The number of hydrogen-bond donors (Lipinski definition) is 1. The third-order valence-electron chi connectivity index (χ3n) is 4.78. The minimum atomic E-state index is -0.493. The molecule has 1 N–H and O–H groups in total. The van der Waals surface area contributed by atoms with E-state index in [2.05, 4.69) is 28.9 Å². The molecule has 0 saturated heterocycles. The van der Waals surface area contributed by atoms with E-state index >= 15 is 0 Å². The Hall–Kier alpha value is -3.23. The molecule has 9 nitrogen and oxygen atoms in total. The highest BCUT2D eigenvalue weighted by Gasteiger charge is 2.22. The summed E-state index contributed by atoms with van der Waals surface area (Å²) in [6, 6.07) is 4.24. The number of nitrogens with zero attached hydrogens (tertiary/aromatic N) is 4. The van der Waals surface area contributed by atoms with Crippen LogP contribution < -0.4 is 10.3 Å². The summed E-state index contributed by atoms with van der Waals surface area (Å²) in [6.45, 7) is 8.09. The van der Waals surface area contributed by atoms with Crippen molar-refractivity contribution in [3.63, 3.8) is 0 Å². The molecule has 0 aliphatic carbocycles. The van der Waals surface area contributed by atoms with Gasteiger partial charge in [0.05, 0.1) is 22.8 Å². The molecule has 148 valence electrons. The Kier molecular flexibility index (Phi) is 5.43. The number of ether oxygens (including phenoxy) is 1. The van der Waals surface area contributed by atoms with Gasteiger partial charge in [-0.15, -0.1) is 5.10 Å². The van der Waals surface area contributed by atoms with Gasteiger partial charge in [-0.05, 0) is 32.8 Å². The van der Waals surface area contributed by atoms with E-state index in [1.807, 2.05) is 6.92 Å². The summed E-state index contributed by atoms with van der Waals surface area (Å²) in [5.41, 5.74) is 0.890. The van der Waals surface area contributed by atoms with Gasteiger partial charge in [-0.2, -0.15) is 0 Å². The van der Waals surface area contributed by atoms with Gasteiger partial charge in [-0.25, -0.2) is 9.50 Å². The standard InChI is InChI=1S/C19H23N5O4/c1-5-12(6-2)18-20-11(4)16-19(25)21-17(22-23(16)18)14-10-13(24(26)27)8-9-15(14)28-7-3/h8-10,12H,5-7H2,1-4H3,(H,21,22,25). The predicted octanol–water partition coefficient (Wildman–Crippen LogP) is 3.60. The number of H-pyrrole nitrogens is 1. The van der Waals surface area contributed by atoms with Crippen molar-refractivity contribution in [3.8, 4) is 17.1 Å². The molecule has 2 aromatic heterocycles. The number of fused-ring (bicyclic) bond motifs is 1. The van der Waals surface area contributed by atoms with Gasteiger partial charge in [0.1, 0.15) is 11.6 Å². The van der Waals surface area contributed by atoms with Gasteiger partial charge >= 0.3 is 0 Å². The van der Waals surface area contributed by atoms with Crippen LogP contribution in [0.4, 0.5) is 5.69 Å². The van der Waals surface area contributed by atoms with Crippen LogP contribution in [0.2, 0.25) is 0 Å². The Balaban J connectivity index is 2.30. The lowest BCUT2D eigenvalue weighted by Crippen LogP contribution is -2.16. The number of aryl methyl sites for hydroxylation is 1. The number of rotatable bonds is 7. The van der Waals surface area contributed by atoms with Crippen LogP contribution >= 0.6 is 0 Å². The number of aromatic amines is 1. The molecular weight excluding hydrogens is 362 g/mol. The number of aromatic nitrogens is 4.